The van der Waals surface area contributed by atoms with Crippen LogP contribution in [-0.4, -0.2) is 32.5 Å². The van der Waals surface area contributed by atoms with E-state index in [1.54, 1.807) is 20.3 Å². The molecule has 102 valence electrons. The number of hydrogen-bond donors (Lipinski definition) is 1. The molecule has 0 bridgehead atoms. The number of rotatable bonds is 8. The highest BCUT2D eigenvalue weighted by Gasteiger charge is 2.11. The summed E-state index contributed by atoms with van der Waals surface area (Å²) in [6.45, 7) is 3.36. The highest BCUT2D eigenvalue weighted by molar-refractivity contribution is 5.43. The third kappa shape index (κ3) is 4.20. The Morgan fingerprint density at radius 3 is 2.50 bits per heavy atom. The van der Waals surface area contributed by atoms with Crippen molar-refractivity contribution < 1.29 is 19.3 Å². The van der Waals surface area contributed by atoms with Crippen molar-refractivity contribution in [1.82, 2.24) is 0 Å². The Hall–Kier alpha value is -1.26. The van der Waals surface area contributed by atoms with Crippen LogP contribution in [0.4, 0.5) is 0 Å². The third-order valence-electron chi connectivity index (χ3n) is 2.76. The van der Waals surface area contributed by atoms with Gasteiger partial charge in [-0.15, -0.1) is 0 Å². The summed E-state index contributed by atoms with van der Waals surface area (Å²) in [6.07, 6.45) is 1.02. The van der Waals surface area contributed by atoms with Gasteiger partial charge in [0.2, 0.25) is 0 Å². The first kappa shape index (κ1) is 14.8. The molecular weight excluding hydrogens is 232 g/mol. The first-order valence-electron chi connectivity index (χ1n) is 6.20. The van der Waals surface area contributed by atoms with Gasteiger partial charge in [-0.3, -0.25) is 0 Å². The van der Waals surface area contributed by atoms with Gasteiger partial charge in [-0.25, -0.2) is 0 Å². The summed E-state index contributed by atoms with van der Waals surface area (Å²) in [5, 5.41) is 10.1. The van der Waals surface area contributed by atoms with Crippen LogP contribution in [0, 0.1) is 0 Å². The summed E-state index contributed by atoms with van der Waals surface area (Å²) in [5.74, 6) is 1.31. The van der Waals surface area contributed by atoms with Gasteiger partial charge < -0.3 is 19.3 Å². The average molecular weight is 254 g/mol. The molecule has 0 aromatic heterocycles. The zero-order valence-corrected chi connectivity index (χ0v) is 11.3. The Bertz CT molecular complexity index is 352. The number of hydrogen-bond acceptors (Lipinski definition) is 4. The van der Waals surface area contributed by atoms with Gasteiger partial charge in [0.25, 0.3) is 0 Å². The summed E-state index contributed by atoms with van der Waals surface area (Å²) in [4.78, 5) is 0. The molecule has 0 heterocycles. The molecule has 1 atom stereocenters. The Morgan fingerprint density at radius 2 is 1.89 bits per heavy atom. The molecule has 4 nitrogen and oxygen atoms in total. The molecule has 0 amide bonds. The molecule has 0 aliphatic rings. The van der Waals surface area contributed by atoms with Crippen molar-refractivity contribution in [2.75, 3.05) is 27.4 Å². The smallest absolute Gasteiger partial charge is 0.161 e. The van der Waals surface area contributed by atoms with E-state index >= 15 is 0 Å². The number of aliphatic hydroxyl groups excluding tert-OH is 1. The highest BCUT2D eigenvalue weighted by Crippen LogP contribution is 2.31. The van der Waals surface area contributed by atoms with Crippen LogP contribution >= 0.6 is 0 Å². The van der Waals surface area contributed by atoms with Crippen molar-refractivity contribution >= 4 is 0 Å². The molecule has 0 saturated carbocycles. The molecule has 0 saturated heterocycles. The van der Waals surface area contributed by atoms with Crippen molar-refractivity contribution in [1.29, 1.82) is 0 Å². The third-order valence-corrected chi connectivity index (χ3v) is 2.76. The predicted molar refractivity (Wildman–Crippen MR) is 70.2 cm³/mol. The first-order chi connectivity index (χ1) is 8.72. The van der Waals surface area contributed by atoms with Gasteiger partial charge in [0.1, 0.15) is 0 Å². The predicted octanol–water partition coefficient (Wildman–Crippen LogP) is 2.55. The number of benzene rings is 1. The molecular formula is C14H22O4. The van der Waals surface area contributed by atoms with Crippen LogP contribution in [0.15, 0.2) is 18.2 Å². The van der Waals surface area contributed by atoms with Crippen molar-refractivity contribution in [3.63, 3.8) is 0 Å². The first-order valence-corrected chi connectivity index (χ1v) is 6.20. The quantitative estimate of drug-likeness (QED) is 0.724. The van der Waals surface area contributed by atoms with E-state index < -0.39 is 6.10 Å². The maximum absolute atomic E-state index is 10.1. The molecule has 0 aliphatic heterocycles. The topological polar surface area (TPSA) is 47.9 Å². The molecule has 1 rings (SSSR count). The highest BCUT2D eigenvalue weighted by atomic mass is 16.5. The lowest BCUT2D eigenvalue weighted by atomic mass is 10.0. The fourth-order valence-corrected chi connectivity index (χ4v) is 1.75. The van der Waals surface area contributed by atoms with Crippen LogP contribution in [-0.2, 0) is 4.74 Å². The van der Waals surface area contributed by atoms with Crippen LogP contribution < -0.4 is 9.47 Å². The molecule has 4 heteroatoms. The van der Waals surface area contributed by atoms with E-state index in [0.29, 0.717) is 31.1 Å². The lowest BCUT2D eigenvalue weighted by Crippen LogP contribution is -2.02. The standard InChI is InChI=1S/C14H22O4/c1-4-18-9-5-6-12(15)11-7-8-13(16-2)14(10-11)17-3/h7-8,10,12,15H,4-6,9H2,1-3H3. The van der Waals surface area contributed by atoms with Crippen LogP contribution in [0.5, 0.6) is 11.5 Å². The normalized spacial score (nSPS) is 12.2. The van der Waals surface area contributed by atoms with E-state index in [9.17, 15) is 5.11 Å². The monoisotopic (exact) mass is 254 g/mol. The molecule has 1 aromatic carbocycles. The lowest BCUT2D eigenvalue weighted by Gasteiger charge is -2.14. The minimum atomic E-state index is -0.495. The van der Waals surface area contributed by atoms with E-state index in [2.05, 4.69) is 0 Å². The second-order valence-electron chi connectivity index (χ2n) is 3.97. The van der Waals surface area contributed by atoms with Crippen LogP contribution in [0.25, 0.3) is 0 Å². The van der Waals surface area contributed by atoms with Gasteiger partial charge in [0.15, 0.2) is 11.5 Å². The van der Waals surface area contributed by atoms with Crippen molar-refractivity contribution in [2.45, 2.75) is 25.9 Å². The second kappa shape index (κ2) is 7.95. The zero-order valence-electron chi connectivity index (χ0n) is 11.3. The van der Waals surface area contributed by atoms with Crippen LogP contribution in [0.2, 0.25) is 0 Å². The van der Waals surface area contributed by atoms with Crippen molar-refractivity contribution in [3.8, 4) is 11.5 Å². The maximum Gasteiger partial charge on any atom is 0.161 e. The van der Waals surface area contributed by atoms with Gasteiger partial charge in [-0.1, -0.05) is 6.07 Å². The summed E-state index contributed by atoms with van der Waals surface area (Å²) in [7, 11) is 3.18. The van der Waals surface area contributed by atoms with Gasteiger partial charge >= 0.3 is 0 Å². The summed E-state index contributed by atoms with van der Waals surface area (Å²) in [5.41, 5.74) is 0.837. The Morgan fingerprint density at radius 1 is 1.17 bits per heavy atom. The van der Waals surface area contributed by atoms with Crippen molar-refractivity contribution in [2.24, 2.45) is 0 Å². The van der Waals surface area contributed by atoms with E-state index in [0.717, 1.165) is 12.0 Å². The molecule has 0 aliphatic carbocycles. The van der Waals surface area contributed by atoms with E-state index in [-0.39, 0.29) is 0 Å². The van der Waals surface area contributed by atoms with Crippen molar-refractivity contribution in [3.05, 3.63) is 23.8 Å². The van der Waals surface area contributed by atoms with Gasteiger partial charge in [-0.05, 0) is 37.5 Å². The number of ether oxygens (including phenoxy) is 3. The Labute approximate surface area is 108 Å². The number of aliphatic hydroxyl groups is 1. The van der Waals surface area contributed by atoms with E-state index in [1.807, 2.05) is 19.1 Å². The zero-order chi connectivity index (χ0) is 13.4. The summed E-state index contributed by atoms with van der Waals surface area (Å²) < 4.78 is 15.6. The lowest BCUT2D eigenvalue weighted by molar-refractivity contribution is 0.114. The fraction of sp³-hybridized carbons (Fsp3) is 0.571. The maximum atomic E-state index is 10.1. The SMILES string of the molecule is CCOCCCC(O)c1ccc(OC)c(OC)c1. The molecule has 0 fully saturated rings. The van der Waals surface area contributed by atoms with E-state index in [1.165, 1.54) is 0 Å². The largest absolute Gasteiger partial charge is 0.493 e. The fourth-order valence-electron chi connectivity index (χ4n) is 1.75. The van der Waals surface area contributed by atoms with E-state index in [4.69, 9.17) is 14.2 Å². The minimum absolute atomic E-state index is 0.495. The molecule has 1 unspecified atom stereocenters. The second-order valence-corrected chi connectivity index (χ2v) is 3.97. The Kier molecular flexibility index (Phi) is 6.54. The molecule has 1 N–H and O–H groups in total. The van der Waals surface area contributed by atoms with Gasteiger partial charge in [-0.2, -0.15) is 0 Å². The summed E-state index contributed by atoms with van der Waals surface area (Å²) in [6, 6.07) is 5.47. The van der Waals surface area contributed by atoms with Crippen LogP contribution in [0.3, 0.4) is 0 Å². The molecule has 1 aromatic rings. The average Bonchev–Trinajstić information content (AvgIpc) is 2.42. The van der Waals surface area contributed by atoms with Crippen LogP contribution in [0.1, 0.15) is 31.4 Å². The molecule has 0 spiro atoms. The van der Waals surface area contributed by atoms with Gasteiger partial charge in [0, 0.05) is 13.2 Å². The minimum Gasteiger partial charge on any atom is -0.493 e. The number of methoxy groups -OCH3 is 2. The van der Waals surface area contributed by atoms with Gasteiger partial charge in [0.05, 0.1) is 20.3 Å². The Balaban J connectivity index is 2.59. The molecule has 0 radical (unpaired) electrons. The summed E-state index contributed by atoms with van der Waals surface area (Å²) >= 11 is 0. The molecule has 18 heavy (non-hydrogen) atoms.